The van der Waals surface area contributed by atoms with Gasteiger partial charge in [0.2, 0.25) is 5.88 Å². The smallest absolute Gasteiger partial charge is 0.262 e. The van der Waals surface area contributed by atoms with Crippen molar-refractivity contribution in [1.82, 2.24) is 4.98 Å². The fourth-order valence-electron chi connectivity index (χ4n) is 8.67. The van der Waals surface area contributed by atoms with Gasteiger partial charge in [-0.25, -0.2) is 4.98 Å². The van der Waals surface area contributed by atoms with Crippen LogP contribution < -0.4 is 25.9 Å². The first-order valence-corrected chi connectivity index (χ1v) is 17.6. The van der Waals surface area contributed by atoms with E-state index >= 15 is 0 Å². The summed E-state index contributed by atoms with van der Waals surface area (Å²) in [6.45, 7) is -0.0197. The zero-order chi connectivity index (χ0) is 33.9. The number of ether oxygens (including phenoxy) is 2. The molecule has 0 aliphatic carbocycles. The van der Waals surface area contributed by atoms with E-state index in [9.17, 15) is 0 Å². The highest BCUT2D eigenvalue weighted by Crippen LogP contribution is 2.42. The van der Waals surface area contributed by atoms with Crippen LogP contribution in [0.1, 0.15) is 0 Å². The van der Waals surface area contributed by atoms with Gasteiger partial charge in [-0.15, -0.1) is 0 Å². The highest BCUT2D eigenvalue weighted by atomic mass is 16.5. The number of para-hydroxylation sites is 3. The molecule has 2 aromatic heterocycles. The van der Waals surface area contributed by atoms with Crippen LogP contribution in [0.2, 0.25) is 0 Å². The lowest BCUT2D eigenvalue weighted by Crippen LogP contribution is -2.57. The minimum Gasteiger partial charge on any atom is -0.458 e. The summed E-state index contributed by atoms with van der Waals surface area (Å²) < 4.78 is 19.7. The molecule has 0 saturated heterocycles. The second-order valence-electron chi connectivity index (χ2n) is 13.8. The third kappa shape index (κ3) is 3.85. The number of rotatable bonds is 2. The number of fused-ring (bicyclic) bond motifs is 13. The molecule has 4 nitrogen and oxygen atoms in total. The minimum absolute atomic E-state index is 0.0197. The van der Waals surface area contributed by atoms with Crippen molar-refractivity contribution in [2.24, 2.45) is 0 Å². The van der Waals surface area contributed by atoms with Crippen molar-refractivity contribution in [2.75, 3.05) is 0 Å². The molecule has 0 unspecified atom stereocenters. The summed E-state index contributed by atoms with van der Waals surface area (Å²) in [5, 5.41) is 9.72. The molecule has 5 heteroatoms. The van der Waals surface area contributed by atoms with Crippen LogP contribution in [0.15, 0.2) is 162 Å². The normalized spacial score (nSPS) is 12.9. The van der Waals surface area contributed by atoms with E-state index in [0.29, 0.717) is 5.88 Å². The summed E-state index contributed by atoms with van der Waals surface area (Å²) in [5.41, 5.74) is 8.74. The predicted octanol–water partition coefficient (Wildman–Crippen LogP) is 10.5. The summed E-state index contributed by atoms with van der Waals surface area (Å²) >= 11 is 0. The molecule has 0 saturated carbocycles. The number of aromatic nitrogens is 1. The Bertz CT molecular complexity index is 3060. The van der Waals surface area contributed by atoms with E-state index in [2.05, 4.69) is 127 Å². The van der Waals surface area contributed by atoms with E-state index < -0.39 is 0 Å². The van der Waals surface area contributed by atoms with Gasteiger partial charge in [0, 0.05) is 27.9 Å². The van der Waals surface area contributed by atoms with Crippen LogP contribution in [0.3, 0.4) is 0 Å². The van der Waals surface area contributed by atoms with Crippen LogP contribution in [0.25, 0.3) is 76.6 Å². The molecule has 2 aliphatic heterocycles. The molecule has 10 aromatic rings. The molecule has 12 rings (SSSR count). The molecule has 240 valence electrons. The van der Waals surface area contributed by atoms with E-state index in [4.69, 9.17) is 18.9 Å². The topological polar surface area (TPSA) is 44.5 Å². The van der Waals surface area contributed by atoms with Crippen molar-refractivity contribution in [3.63, 3.8) is 0 Å². The van der Waals surface area contributed by atoms with Gasteiger partial charge in [0.05, 0.1) is 5.69 Å². The summed E-state index contributed by atoms with van der Waals surface area (Å²) in [7, 11) is 0. The van der Waals surface area contributed by atoms with E-state index in [1.807, 2.05) is 30.3 Å². The van der Waals surface area contributed by atoms with E-state index in [1.54, 1.807) is 0 Å². The molecule has 0 amide bonds. The van der Waals surface area contributed by atoms with Gasteiger partial charge in [0.25, 0.3) is 6.71 Å². The van der Waals surface area contributed by atoms with Gasteiger partial charge >= 0.3 is 0 Å². The summed E-state index contributed by atoms with van der Waals surface area (Å²) in [6.07, 6.45) is 0. The Morgan fingerprint density at radius 3 is 1.73 bits per heavy atom. The summed E-state index contributed by atoms with van der Waals surface area (Å²) in [5.74, 6) is 2.99. The van der Waals surface area contributed by atoms with Crippen molar-refractivity contribution < 1.29 is 13.9 Å². The van der Waals surface area contributed by atoms with E-state index in [0.717, 1.165) is 72.4 Å². The minimum atomic E-state index is -0.0197. The summed E-state index contributed by atoms with van der Waals surface area (Å²) in [4.78, 5) is 5.15. The molecule has 52 heavy (non-hydrogen) atoms. The number of nitrogens with zero attached hydrogens (tertiary/aromatic N) is 1. The van der Waals surface area contributed by atoms with Crippen molar-refractivity contribution >= 4 is 77.4 Å². The third-order valence-corrected chi connectivity index (χ3v) is 11.0. The summed E-state index contributed by atoms with van der Waals surface area (Å²) in [6, 6.07) is 55.5. The fraction of sp³-hybridized carbons (Fsp3) is 0. The van der Waals surface area contributed by atoms with Gasteiger partial charge in [-0.1, -0.05) is 115 Å². The van der Waals surface area contributed by atoms with Crippen LogP contribution in [0.5, 0.6) is 23.1 Å². The number of pyridine rings is 1. The first-order valence-electron chi connectivity index (χ1n) is 17.6. The zero-order valence-electron chi connectivity index (χ0n) is 27.8. The molecule has 8 aromatic carbocycles. The van der Waals surface area contributed by atoms with Crippen LogP contribution in [-0.2, 0) is 0 Å². The average Bonchev–Trinajstić information content (AvgIpc) is 3.59. The van der Waals surface area contributed by atoms with Gasteiger partial charge in [-0.2, -0.15) is 0 Å². The van der Waals surface area contributed by atoms with Gasteiger partial charge in [-0.3, -0.25) is 0 Å². The Labute approximate surface area is 298 Å². The molecule has 0 fully saturated rings. The molecule has 0 atom stereocenters. The lowest BCUT2D eigenvalue weighted by Gasteiger charge is -2.32. The zero-order valence-corrected chi connectivity index (χ0v) is 27.8. The highest BCUT2D eigenvalue weighted by Gasteiger charge is 2.41. The molecule has 0 N–H and O–H groups in total. The second kappa shape index (κ2) is 10.3. The average molecular weight is 664 g/mol. The van der Waals surface area contributed by atoms with Crippen molar-refractivity contribution in [3.05, 3.63) is 158 Å². The first kappa shape index (κ1) is 27.9. The van der Waals surface area contributed by atoms with E-state index in [1.165, 1.54) is 37.9 Å². The Morgan fingerprint density at radius 2 is 1.00 bits per heavy atom. The molecule has 4 heterocycles. The molecule has 0 radical (unpaired) electrons. The standard InChI is InChI=1S/C47H26BNO3/c1-2-12-31-29(10-1)30-11-3-4-13-32(30)36-24-27(20-22-33(31)36)28-21-23-41-37(25-28)34-14-9-15-35(46(34)51-41)40-26-44-45-47(49-40)52-43-19-8-6-17-39(43)48(45)38-16-5-7-18-42(38)50-44/h1-26H. The molecule has 0 spiro atoms. The Hall–Kier alpha value is -6.85. The molecule has 2 aliphatic rings. The van der Waals surface area contributed by atoms with E-state index in [-0.39, 0.29) is 6.71 Å². The maximum absolute atomic E-state index is 6.65. The maximum atomic E-state index is 6.65. The van der Waals surface area contributed by atoms with Gasteiger partial charge in [0.15, 0.2) is 0 Å². The van der Waals surface area contributed by atoms with Crippen LogP contribution in [-0.4, -0.2) is 11.7 Å². The Morgan fingerprint density at radius 1 is 0.423 bits per heavy atom. The molecular formula is C47H26BNO3. The second-order valence-corrected chi connectivity index (χ2v) is 13.8. The number of hydrogen-bond donors (Lipinski definition) is 0. The van der Waals surface area contributed by atoms with Gasteiger partial charge in [0.1, 0.15) is 28.4 Å². The number of hydrogen-bond acceptors (Lipinski definition) is 4. The lowest BCUT2D eigenvalue weighted by atomic mass is 9.35. The molecular weight excluding hydrogens is 637 g/mol. The lowest BCUT2D eigenvalue weighted by molar-refractivity contribution is 0.451. The Balaban J connectivity index is 1.01. The largest absolute Gasteiger partial charge is 0.458 e. The van der Waals surface area contributed by atoms with Crippen molar-refractivity contribution in [1.29, 1.82) is 0 Å². The maximum Gasteiger partial charge on any atom is 0.262 e. The van der Waals surface area contributed by atoms with Crippen molar-refractivity contribution in [3.8, 4) is 45.5 Å². The quantitative estimate of drug-likeness (QED) is 0.136. The predicted molar refractivity (Wildman–Crippen MR) is 213 cm³/mol. The number of benzene rings is 8. The van der Waals surface area contributed by atoms with Crippen molar-refractivity contribution in [2.45, 2.75) is 0 Å². The molecule has 0 bridgehead atoms. The monoisotopic (exact) mass is 663 g/mol. The fourth-order valence-corrected chi connectivity index (χ4v) is 8.67. The Kier molecular flexibility index (Phi) is 5.55. The van der Waals surface area contributed by atoms with Crippen LogP contribution >= 0.6 is 0 Å². The van der Waals surface area contributed by atoms with Crippen LogP contribution in [0, 0.1) is 0 Å². The number of furan rings is 1. The first-order chi connectivity index (χ1) is 25.8. The van der Waals surface area contributed by atoms with Gasteiger partial charge in [-0.05, 0) is 90.8 Å². The third-order valence-electron chi connectivity index (χ3n) is 11.0. The van der Waals surface area contributed by atoms with Gasteiger partial charge < -0.3 is 13.9 Å². The highest BCUT2D eigenvalue weighted by molar-refractivity contribution is 6.98. The SMILES string of the molecule is c1ccc2c(c1)Oc1cc(-c3cccc4c3oc3ccc(-c5ccc6c7ccccc7c7ccccc7c6c5)cc34)nc3c1B2c1ccccc1O3. The van der Waals surface area contributed by atoms with Crippen LogP contribution in [0.4, 0.5) is 0 Å².